The molecular formula is C26H33N5O5. The van der Waals surface area contributed by atoms with Gasteiger partial charge in [0.25, 0.3) is 5.91 Å². The molecule has 10 nitrogen and oxygen atoms in total. The van der Waals surface area contributed by atoms with Crippen LogP contribution in [-0.2, 0) is 22.4 Å². The van der Waals surface area contributed by atoms with E-state index in [4.69, 9.17) is 4.98 Å². The van der Waals surface area contributed by atoms with Crippen LogP contribution < -0.4 is 16.0 Å². The normalized spacial score (nSPS) is 18.1. The number of carbonyl (C=O) groups excluding carboxylic acids is 2. The van der Waals surface area contributed by atoms with Crippen LogP contribution in [0.1, 0.15) is 47.3 Å². The van der Waals surface area contributed by atoms with Crippen molar-refractivity contribution < 1.29 is 24.6 Å². The molecule has 1 saturated heterocycles. The number of benzene rings is 1. The Labute approximate surface area is 210 Å². The zero-order valence-electron chi connectivity index (χ0n) is 20.2. The molecular weight excluding hydrogens is 462 g/mol. The van der Waals surface area contributed by atoms with Gasteiger partial charge in [-0.05, 0) is 80.8 Å². The Morgan fingerprint density at radius 2 is 2.14 bits per heavy atom. The highest BCUT2D eigenvalue weighted by Gasteiger charge is 2.26. The minimum atomic E-state index is -1.10. The highest BCUT2D eigenvalue weighted by atomic mass is 16.4. The molecule has 2 atom stereocenters. The van der Waals surface area contributed by atoms with Crippen LogP contribution in [0.5, 0.6) is 5.75 Å². The molecule has 0 saturated carbocycles. The Bertz CT molecular complexity index is 1110. The molecule has 0 spiro atoms. The molecule has 1 fully saturated rings. The molecule has 5 N–H and O–H groups in total. The number of aryl methyl sites for hydroxylation is 2. The first-order chi connectivity index (χ1) is 17.4. The fourth-order valence-electron chi connectivity index (χ4n) is 4.88. The molecule has 2 aliphatic heterocycles. The predicted molar refractivity (Wildman–Crippen MR) is 135 cm³/mol. The van der Waals surface area contributed by atoms with E-state index in [2.05, 4.69) is 33.0 Å². The molecule has 1 aromatic carbocycles. The van der Waals surface area contributed by atoms with E-state index in [1.165, 1.54) is 23.8 Å². The number of hydrogen-bond acceptors (Lipinski definition) is 7. The second-order valence-corrected chi connectivity index (χ2v) is 9.48. The summed E-state index contributed by atoms with van der Waals surface area (Å²) in [6.07, 6.45) is 5.93. The van der Waals surface area contributed by atoms with E-state index in [1.54, 1.807) is 0 Å². The van der Waals surface area contributed by atoms with Crippen LogP contribution >= 0.6 is 0 Å². The summed E-state index contributed by atoms with van der Waals surface area (Å²) >= 11 is 0. The highest BCUT2D eigenvalue weighted by molar-refractivity contribution is 5.98. The summed E-state index contributed by atoms with van der Waals surface area (Å²) < 4.78 is 0. The molecule has 192 valence electrons. The number of phenolic OH excluding ortho intramolecular Hbond substituents is 1. The molecule has 0 unspecified atom stereocenters. The van der Waals surface area contributed by atoms with Gasteiger partial charge in [-0.2, -0.15) is 0 Å². The molecule has 3 heterocycles. The first-order valence-electron chi connectivity index (χ1n) is 12.4. The average molecular weight is 496 g/mol. The van der Waals surface area contributed by atoms with Gasteiger partial charge in [-0.3, -0.25) is 9.59 Å². The number of nitrogens with one attached hydrogen (secondary N) is 3. The van der Waals surface area contributed by atoms with E-state index in [0.29, 0.717) is 18.9 Å². The SMILES string of the molecule is O=CNc1cc(C(=O)N[C@@H](CCN2CC[C@@H](CCc3ccc4c(n3)NCCC4)C2)C(=O)O)ccc1O. The molecule has 2 aliphatic rings. The number of carbonyl (C=O) groups is 3. The lowest BCUT2D eigenvalue weighted by atomic mass is 10.00. The summed E-state index contributed by atoms with van der Waals surface area (Å²) in [5.41, 5.74) is 2.63. The fraction of sp³-hybridized carbons (Fsp3) is 0.462. The second kappa shape index (κ2) is 11.9. The third kappa shape index (κ3) is 6.51. The predicted octanol–water partition coefficient (Wildman–Crippen LogP) is 2.24. The van der Waals surface area contributed by atoms with Gasteiger partial charge < -0.3 is 31.1 Å². The molecule has 1 aromatic heterocycles. The van der Waals surface area contributed by atoms with Crippen molar-refractivity contribution in [2.75, 3.05) is 36.8 Å². The van der Waals surface area contributed by atoms with Gasteiger partial charge in [0.05, 0.1) is 5.69 Å². The Morgan fingerprint density at radius 1 is 1.28 bits per heavy atom. The third-order valence-electron chi connectivity index (χ3n) is 6.94. The van der Waals surface area contributed by atoms with Crippen molar-refractivity contribution in [2.45, 2.75) is 44.6 Å². The lowest BCUT2D eigenvalue weighted by Crippen LogP contribution is -2.43. The van der Waals surface area contributed by atoms with E-state index >= 15 is 0 Å². The Hall–Kier alpha value is -3.66. The van der Waals surface area contributed by atoms with Crippen molar-refractivity contribution in [3.05, 3.63) is 47.2 Å². The maximum Gasteiger partial charge on any atom is 0.326 e. The summed E-state index contributed by atoms with van der Waals surface area (Å²) in [6, 6.07) is 7.22. The number of hydrogen-bond donors (Lipinski definition) is 5. The summed E-state index contributed by atoms with van der Waals surface area (Å²) in [4.78, 5) is 42.1. The molecule has 0 aliphatic carbocycles. The van der Waals surface area contributed by atoms with Gasteiger partial charge in [0, 0.05) is 30.9 Å². The summed E-state index contributed by atoms with van der Waals surface area (Å²) in [5.74, 6) is -0.304. The minimum Gasteiger partial charge on any atom is -0.506 e. The molecule has 0 radical (unpaired) electrons. The number of likely N-dealkylation sites (tertiary alicyclic amines) is 1. The van der Waals surface area contributed by atoms with Crippen LogP contribution in [0.25, 0.3) is 0 Å². The van der Waals surface area contributed by atoms with Crippen molar-refractivity contribution in [3.63, 3.8) is 0 Å². The van der Waals surface area contributed by atoms with Gasteiger partial charge in [-0.25, -0.2) is 9.78 Å². The zero-order valence-corrected chi connectivity index (χ0v) is 20.2. The number of carboxylic acid groups (broad SMARTS) is 1. The van der Waals surface area contributed by atoms with E-state index in [0.717, 1.165) is 63.3 Å². The molecule has 2 amide bonds. The lowest BCUT2D eigenvalue weighted by Gasteiger charge is -2.20. The summed E-state index contributed by atoms with van der Waals surface area (Å²) in [5, 5.41) is 27.6. The minimum absolute atomic E-state index is 0.0782. The number of aliphatic carboxylic acids is 1. The maximum absolute atomic E-state index is 12.6. The van der Waals surface area contributed by atoms with Crippen LogP contribution in [-0.4, -0.2) is 70.6 Å². The van der Waals surface area contributed by atoms with Gasteiger partial charge >= 0.3 is 5.97 Å². The van der Waals surface area contributed by atoms with Gasteiger partial charge in [0.15, 0.2) is 0 Å². The molecule has 2 aromatic rings. The van der Waals surface area contributed by atoms with Crippen LogP contribution in [0, 0.1) is 5.92 Å². The van der Waals surface area contributed by atoms with E-state index in [1.807, 2.05) is 0 Å². The van der Waals surface area contributed by atoms with Gasteiger partial charge in [-0.15, -0.1) is 0 Å². The molecule has 10 heteroatoms. The largest absolute Gasteiger partial charge is 0.506 e. The van der Waals surface area contributed by atoms with Crippen LogP contribution in [0.4, 0.5) is 11.5 Å². The number of anilines is 2. The molecule has 4 rings (SSSR count). The number of amides is 2. The standard InChI is InChI=1S/C26H33N5O5/c32-16-28-22-14-19(5-8-23(22)33)25(34)30-21(26(35)36)10-13-31-12-9-17(15-31)3-6-20-7-4-18-2-1-11-27-24(18)29-20/h4-5,7-8,14,16-17,21,33H,1-3,6,9-13,15H2,(H,27,29)(H,28,32)(H,30,34)(H,35,36)/t17-,21+/m1/s1. The van der Waals surface area contributed by atoms with E-state index < -0.39 is 17.9 Å². The second-order valence-electron chi connectivity index (χ2n) is 9.48. The number of nitrogens with zero attached hydrogens (tertiary/aromatic N) is 2. The van der Waals surface area contributed by atoms with Crippen LogP contribution in [0.2, 0.25) is 0 Å². The first-order valence-corrected chi connectivity index (χ1v) is 12.4. The van der Waals surface area contributed by atoms with Crippen LogP contribution in [0.3, 0.4) is 0 Å². The third-order valence-corrected chi connectivity index (χ3v) is 6.94. The first kappa shape index (κ1) is 25.4. The monoisotopic (exact) mass is 495 g/mol. The maximum atomic E-state index is 12.6. The Morgan fingerprint density at radius 3 is 2.94 bits per heavy atom. The van der Waals surface area contributed by atoms with Crippen molar-refractivity contribution in [1.29, 1.82) is 0 Å². The fourth-order valence-corrected chi connectivity index (χ4v) is 4.88. The smallest absolute Gasteiger partial charge is 0.326 e. The number of carboxylic acids is 1. The van der Waals surface area contributed by atoms with E-state index in [-0.39, 0.29) is 23.4 Å². The van der Waals surface area contributed by atoms with Gasteiger partial charge in [0.1, 0.15) is 17.6 Å². The number of fused-ring (bicyclic) bond motifs is 1. The van der Waals surface area contributed by atoms with Gasteiger partial charge in [0.2, 0.25) is 6.41 Å². The summed E-state index contributed by atoms with van der Waals surface area (Å²) in [7, 11) is 0. The van der Waals surface area contributed by atoms with Crippen molar-refractivity contribution in [2.24, 2.45) is 5.92 Å². The van der Waals surface area contributed by atoms with Crippen molar-refractivity contribution in [1.82, 2.24) is 15.2 Å². The number of rotatable bonds is 11. The topological polar surface area (TPSA) is 144 Å². The Balaban J connectivity index is 1.24. The quantitative estimate of drug-likeness (QED) is 0.236. The number of aromatic hydroxyl groups is 1. The van der Waals surface area contributed by atoms with Crippen LogP contribution in [0.15, 0.2) is 30.3 Å². The highest BCUT2D eigenvalue weighted by Crippen LogP contribution is 2.25. The van der Waals surface area contributed by atoms with E-state index in [9.17, 15) is 24.6 Å². The Kier molecular flexibility index (Phi) is 8.37. The number of pyridine rings is 1. The molecule has 36 heavy (non-hydrogen) atoms. The van der Waals surface area contributed by atoms with Crippen molar-refractivity contribution in [3.8, 4) is 5.75 Å². The van der Waals surface area contributed by atoms with Crippen molar-refractivity contribution >= 4 is 29.8 Å². The molecule has 0 bridgehead atoms. The number of aromatic nitrogens is 1. The number of phenols is 1. The van der Waals surface area contributed by atoms with Gasteiger partial charge in [-0.1, -0.05) is 6.07 Å². The zero-order chi connectivity index (χ0) is 25.5. The summed E-state index contributed by atoms with van der Waals surface area (Å²) in [6.45, 7) is 3.36. The average Bonchev–Trinajstić information content (AvgIpc) is 3.34. The lowest BCUT2D eigenvalue weighted by molar-refractivity contribution is -0.139.